The van der Waals surface area contributed by atoms with Crippen molar-refractivity contribution < 1.29 is 13.6 Å². The molecule has 0 rings (SSSR count). The third-order valence-electron chi connectivity index (χ3n) is 6.48. The van der Waals surface area contributed by atoms with Gasteiger partial charge in [0.2, 0.25) is 0 Å². The molecular weight excluding hydrogens is 511 g/mol. The second kappa shape index (κ2) is 35.5. The Morgan fingerprint density at radius 3 is 1.07 bits per heavy atom. The molecule has 0 saturated carbocycles. The fourth-order valence-electron chi connectivity index (χ4n) is 4.11. The van der Waals surface area contributed by atoms with Gasteiger partial charge < -0.3 is 0 Å². The van der Waals surface area contributed by atoms with E-state index in [1.807, 2.05) is 0 Å². The smallest absolute Gasteiger partial charge is 0.119 e. The van der Waals surface area contributed by atoms with Crippen LogP contribution in [0.4, 0.5) is 0 Å². The van der Waals surface area contributed by atoms with Crippen LogP contribution < -0.4 is 0 Å². The number of allylic oxidation sites excluding steroid dienone is 12. The van der Waals surface area contributed by atoms with Crippen LogP contribution in [0.5, 0.6) is 0 Å². The second-order valence-electron chi connectivity index (χ2n) is 10.3. The van der Waals surface area contributed by atoms with Crippen LogP contribution in [0.15, 0.2) is 72.9 Å². The Balaban J connectivity index is 3.31. The fourth-order valence-corrected chi connectivity index (χ4v) is 4.74. The Labute approximate surface area is 249 Å². The first-order valence-corrected chi connectivity index (χ1v) is 17.5. The van der Waals surface area contributed by atoms with Gasteiger partial charge in [-0.05, 0) is 77.0 Å². The first-order valence-electron chi connectivity index (χ1n) is 16.4. The van der Waals surface area contributed by atoms with Gasteiger partial charge in [-0.15, -0.1) is 9.05 Å². The van der Waals surface area contributed by atoms with Crippen LogP contribution in [-0.2, 0) is 13.6 Å². The van der Waals surface area contributed by atoms with Crippen molar-refractivity contribution in [2.24, 2.45) is 0 Å². The van der Waals surface area contributed by atoms with E-state index in [4.69, 9.17) is 9.05 Å². The number of hydrogen-bond donors (Lipinski definition) is 0. The molecule has 0 aliphatic carbocycles. The van der Waals surface area contributed by atoms with Gasteiger partial charge in [0, 0.05) is 4.57 Å². The van der Waals surface area contributed by atoms with Gasteiger partial charge in [-0.2, -0.15) is 0 Å². The third-order valence-corrected chi connectivity index (χ3v) is 7.27. The quantitative estimate of drug-likeness (QED) is 0.0487. The Kier molecular flexibility index (Phi) is 34.1. The maximum Gasteiger partial charge on any atom is 0.697 e. The van der Waals surface area contributed by atoms with Gasteiger partial charge in [0.05, 0.1) is 0 Å². The molecule has 0 aromatic heterocycles. The molecule has 0 amide bonds. The Morgan fingerprint density at radius 1 is 0.400 bits per heavy atom. The first kappa shape index (κ1) is 38.5. The van der Waals surface area contributed by atoms with Crippen LogP contribution in [0, 0.1) is 0 Å². The van der Waals surface area contributed by atoms with Crippen LogP contribution >= 0.6 is 8.25 Å². The molecule has 40 heavy (non-hydrogen) atoms. The molecule has 0 heterocycles. The molecular formula is C36H62O3P+. The normalized spacial score (nSPS) is 12.7. The van der Waals surface area contributed by atoms with E-state index >= 15 is 0 Å². The molecule has 228 valence electrons. The molecule has 0 aliphatic rings. The first-order chi connectivity index (χ1) is 19.8. The lowest BCUT2D eigenvalue weighted by Gasteiger charge is -1.99. The minimum Gasteiger partial charge on any atom is -0.119 e. The molecule has 0 spiro atoms. The molecule has 0 atom stereocenters. The van der Waals surface area contributed by atoms with E-state index in [-0.39, 0.29) is 0 Å². The van der Waals surface area contributed by atoms with Crippen molar-refractivity contribution >= 4 is 8.25 Å². The highest BCUT2D eigenvalue weighted by Gasteiger charge is 2.18. The maximum absolute atomic E-state index is 11.8. The van der Waals surface area contributed by atoms with E-state index in [1.54, 1.807) is 0 Å². The zero-order valence-corrected chi connectivity index (χ0v) is 27.1. The summed E-state index contributed by atoms with van der Waals surface area (Å²) in [5.41, 5.74) is 0. The average Bonchev–Trinajstić information content (AvgIpc) is 2.96. The molecule has 0 radical (unpaired) electrons. The highest BCUT2D eigenvalue weighted by Crippen LogP contribution is 2.25. The van der Waals surface area contributed by atoms with E-state index in [0.29, 0.717) is 13.2 Å². The highest BCUT2D eigenvalue weighted by molar-refractivity contribution is 7.33. The van der Waals surface area contributed by atoms with Crippen LogP contribution in [0.3, 0.4) is 0 Å². The number of unbranched alkanes of at least 4 members (excludes halogenated alkanes) is 12. The van der Waals surface area contributed by atoms with Crippen molar-refractivity contribution in [1.29, 1.82) is 0 Å². The Morgan fingerprint density at radius 2 is 0.700 bits per heavy atom. The number of rotatable bonds is 30. The average molecular weight is 574 g/mol. The lowest BCUT2D eigenvalue weighted by atomic mass is 10.1. The lowest BCUT2D eigenvalue weighted by molar-refractivity contribution is 0.218. The third kappa shape index (κ3) is 34.5. The van der Waals surface area contributed by atoms with Crippen molar-refractivity contribution in [2.75, 3.05) is 13.2 Å². The van der Waals surface area contributed by atoms with E-state index in [0.717, 1.165) is 64.2 Å². The van der Waals surface area contributed by atoms with E-state index in [1.165, 1.54) is 64.2 Å². The zero-order valence-electron chi connectivity index (χ0n) is 26.2. The van der Waals surface area contributed by atoms with Gasteiger partial charge >= 0.3 is 8.25 Å². The van der Waals surface area contributed by atoms with Gasteiger partial charge in [-0.3, -0.25) is 0 Å². The van der Waals surface area contributed by atoms with Crippen LogP contribution in [0.1, 0.15) is 142 Å². The van der Waals surface area contributed by atoms with E-state index < -0.39 is 8.25 Å². The molecule has 0 saturated heterocycles. The highest BCUT2D eigenvalue weighted by atomic mass is 31.1. The predicted octanol–water partition coefficient (Wildman–Crippen LogP) is 12.9. The maximum atomic E-state index is 11.8. The van der Waals surface area contributed by atoms with Crippen molar-refractivity contribution in [3.8, 4) is 0 Å². The van der Waals surface area contributed by atoms with Crippen LogP contribution in [0.25, 0.3) is 0 Å². The monoisotopic (exact) mass is 573 g/mol. The molecule has 3 nitrogen and oxygen atoms in total. The largest absolute Gasteiger partial charge is 0.697 e. The SMILES string of the molecule is CC/C=C\C/C=C\C/C=C\CCCCCCCCO[P+](=O)OCCCCCCCC/C=C\C/C=C\C/C=C\CC. The standard InChI is InChI=1S/C36H62O3P/c1-3-5-7-9-11-13-15-17-19-21-23-25-27-29-31-33-35-38-40(37)39-36-34-32-30-28-26-24-22-20-18-16-14-12-10-8-6-4-2/h5-8,11-14,17-20H,3-4,9-10,15-16,21-36H2,1-2H3/q+1/b7-5-,8-6-,13-11-,14-12-,19-17-,20-18-. The van der Waals surface area contributed by atoms with Gasteiger partial charge in [0.15, 0.2) is 0 Å². The molecule has 4 heteroatoms. The lowest BCUT2D eigenvalue weighted by Crippen LogP contribution is -1.92. The summed E-state index contributed by atoms with van der Waals surface area (Å²) in [7, 11) is -1.95. The molecule has 0 aliphatic heterocycles. The minimum absolute atomic E-state index is 0.542. The topological polar surface area (TPSA) is 35.5 Å². The Bertz CT molecular complexity index is 645. The van der Waals surface area contributed by atoms with Gasteiger partial charge in [-0.25, -0.2) is 0 Å². The van der Waals surface area contributed by atoms with Gasteiger partial charge in [-0.1, -0.05) is 138 Å². The zero-order chi connectivity index (χ0) is 29.0. The summed E-state index contributed by atoms with van der Waals surface area (Å²) in [6.45, 7) is 5.41. The van der Waals surface area contributed by atoms with E-state index in [9.17, 15) is 4.57 Å². The predicted molar refractivity (Wildman–Crippen MR) is 178 cm³/mol. The molecule has 0 bridgehead atoms. The van der Waals surface area contributed by atoms with E-state index in [2.05, 4.69) is 86.8 Å². The van der Waals surface area contributed by atoms with Crippen LogP contribution in [-0.4, -0.2) is 13.2 Å². The summed E-state index contributed by atoms with van der Waals surface area (Å²) >= 11 is 0. The minimum atomic E-state index is -1.95. The van der Waals surface area contributed by atoms with Crippen molar-refractivity contribution in [3.05, 3.63) is 72.9 Å². The van der Waals surface area contributed by atoms with Gasteiger partial charge in [0.25, 0.3) is 0 Å². The van der Waals surface area contributed by atoms with Crippen molar-refractivity contribution in [3.63, 3.8) is 0 Å². The van der Waals surface area contributed by atoms with Gasteiger partial charge in [0.1, 0.15) is 13.2 Å². The second-order valence-corrected chi connectivity index (χ2v) is 11.3. The molecule has 0 N–H and O–H groups in total. The number of hydrogen-bond acceptors (Lipinski definition) is 3. The summed E-state index contributed by atoms with van der Waals surface area (Å²) in [5.74, 6) is 0. The summed E-state index contributed by atoms with van der Waals surface area (Å²) < 4.78 is 22.5. The molecule has 0 aromatic carbocycles. The molecule has 0 aromatic rings. The fraction of sp³-hybridized carbons (Fsp3) is 0.667. The summed E-state index contributed by atoms with van der Waals surface area (Å²) in [4.78, 5) is 0. The van der Waals surface area contributed by atoms with Crippen LogP contribution in [0.2, 0.25) is 0 Å². The summed E-state index contributed by atoms with van der Waals surface area (Å²) in [6.07, 6.45) is 50.1. The summed E-state index contributed by atoms with van der Waals surface area (Å²) in [5, 5.41) is 0. The van der Waals surface area contributed by atoms with Crippen molar-refractivity contribution in [2.45, 2.75) is 142 Å². The molecule has 0 unspecified atom stereocenters. The Hall–Kier alpha value is -1.54. The summed E-state index contributed by atoms with van der Waals surface area (Å²) in [6, 6.07) is 0. The molecule has 0 fully saturated rings. The van der Waals surface area contributed by atoms with Crippen molar-refractivity contribution in [1.82, 2.24) is 0 Å².